The summed E-state index contributed by atoms with van der Waals surface area (Å²) in [7, 11) is 1.61. The number of ether oxygens (including phenoxy) is 1. The van der Waals surface area contributed by atoms with E-state index in [4.69, 9.17) is 15.4 Å². The van der Waals surface area contributed by atoms with Crippen LogP contribution in [0.15, 0.2) is 34.2 Å². The van der Waals surface area contributed by atoms with Crippen molar-refractivity contribution in [2.45, 2.75) is 51.0 Å². The van der Waals surface area contributed by atoms with Gasteiger partial charge in [-0.05, 0) is 31.0 Å². The highest BCUT2D eigenvalue weighted by Gasteiger charge is 2.21. The summed E-state index contributed by atoms with van der Waals surface area (Å²) in [6.45, 7) is 5.02. The minimum Gasteiger partial charge on any atom is -0.493 e. The topological polar surface area (TPSA) is 124 Å². The number of fused-ring (bicyclic) bond motifs is 3. The molecular formula is C20H23ClN6O4S. The van der Waals surface area contributed by atoms with E-state index >= 15 is 0 Å². The molecule has 4 rings (SSSR count). The Morgan fingerprint density at radius 3 is 2.66 bits per heavy atom. The van der Waals surface area contributed by atoms with E-state index in [1.165, 1.54) is 22.9 Å². The van der Waals surface area contributed by atoms with Crippen LogP contribution >= 0.6 is 10.7 Å². The highest BCUT2D eigenvalue weighted by molar-refractivity contribution is 8.13. The minimum absolute atomic E-state index is 0.0755. The Bertz CT molecular complexity index is 1440. The molecule has 1 N–H and O–H groups in total. The molecule has 170 valence electrons. The number of aromatic nitrogens is 6. The van der Waals surface area contributed by atoms with Crippen molar-refractivity contribution >= 4 is 36.5 Å². The lowest BCUT2D eigenvalue weighted by Crippen LogP contribution is -2.27. The third-order valence-electron chi connectivity index (χ3n) is 5.13. The predicted molar refractivity (Wildman–Crippen MR) is 121 cm³/mol. The fraction of sp³-hybridized carbons (Fsp3) is 0.400. The normalized spacial score (nSPS) is 12.1. The second kappa shape index (κ2) is 8.91. The Labute approximate surface area is 188 Å². The van der Waals surface area contributed by atoms with Gasteiger partial charge in [-0.3, -0.25) is 4.57 Å². The number of aromatic amines is 1. The molecule has 0 atom stereocenters. The summed E-state index contributed by atoms with van der Waals surface area (Å²) in [6.07, 6.45) is 4.83. The number of nitrogens with one attached hydrogen (secondary N) is 1. The number of hydrogen-bond acceptors (Lipinski definition) is 7. The van der Waals surface area contributed by atoms with Gasteiger partial charge in [0, 0.05) is 17.2 Å². The Morgan fingerprint density at radius 2 is 1.94 bits per heavy atom. The Morgan fingerprint density at radius 1 is 1.16 bits per heavy atom. The van der Waals surface area contributed by atoms with Crippen molar-refractivity contribution in [1.29, 1.82) is 0 Å². The molecule has 4 aromatic rings. The second-order valence-electron chi connectivity index (χ2n) is 7.39. The molecule has 0 fully saturated rings. The molecule has 3 heterocycles. The Balaban J connectivity index is 1.95. The number of rotatable bonds is 9. The quantitative estimate of drug-likeness (QED) is 0.289. The predicted octanol–water partition coefficient (Wildman–Crippen LogP) is 3.34. The van der Waals surface area contributed by atoms with E-state index < -0.39 is 9.05 Å². The van der Waals surface area contributed by atoms with E-state index in [9.17, 15) is 13.2 Å². The molecule has 0 unspecified atom stereocenters. The zero-order valence-electron chi connectivity index (χ0n) is 17.7. The first-order valence-corrected chi connectivity index (χ1v) is 12.7. The summed E-state index contributed by atoms with van der Waals surface area (Å²) >= 11 is 0. The number of halogens is 1. The van der Waals surface area contributed by atoms with E-state index in [2.05, 4.69) is 20.2 Å². The largest absolute Gasteiger partial charge is 0.493 e. The maximum absolute atomic E-state index is 13.0. The summed E-state index contributed by atoms with van der Waals surface area (Å²) in [4.78, 5) is 20.7. The third-order valence-corrected chi connectivity index (χ3v) is 6.48. The van der Waals surface area contributed by atoms with Crippen LogP contribution in [0.3, 0.4) is 0 Å². The number of aryl methyl sites for hydroxylation is 1. The van der Waals surface area contributed by atoms with Gasteiger partial charge in [0.25, 0.3) is 9.05 Å². The molecule has 12 heteroatoms. The summed E-state index contributed by atoms with van der Waals surface area (Å²) in [6, 6.07) is 4.37. The van der Waals surface area contributed by atoms with Gasteiger partial charge in [-0.15, -0.1) is 10.2 Å². The first-order chi connectivity index (χ1) is 15.3. The molecule has 10 nitrogen and oxygen atoms in total. The second-order valence-corrected chi connectivity index (χ2v) is 9.96. The number of hydrogen-bond donors (Lipinski definition) is 1. The molecule has 0 aliphatic heterocycles. The van der Waals surface area contributed by atoms with Crippen molar-refractivity contribution in [1.82, 2.24) is 29.1 Å². The van der Waals surface area contributed by atoms with Crippen LogP contribution in [0, 0.1) is 0 Å². The average Bonchev–Trinajstić information content (AvgIpc) is 3.41. The summed E-state index contributed by atoms with van der Waals surface area (Å²) < 4.78 is 32.7. The van der Waals surface area contributed by atoms with Gasteiger partial charge in [0.15, 0.2) is 11.3 Å². The lowest BCUT2D eigenvalue weighted by molar-refractivity contribution is 0.310. The molecule has 32 heavy (non-hydrogen) atoms. The van der Waals surface area contributed by atoms with E-state index in [-0.39, 0.29) is 10.6 Å². The lowest BCUT2D eigenvalue weighted by atomic mass is 10.2. The molecular weight excluding hydrogens is 456 g/mol. The van der Waals surface area contributed by atoms with Gasteiger partial charge in [-0.1, -0.05) is 26.7 Å². The van der Waals surface area contributed by atoms with Crippen molar-refractivity contribution in [3.8, 4) is 17.1 Å². The first kappa shape index (κ1) is 22.3. The van der Waals surface area contributed by atoms with Gasteiger partial charge in [0.2, 0.25) is 0 Å². The summed E-state index contributed by atoms with van der Waals surface area (Å²) in [5, 5.41) is 7.92. The van der Waals surface area contributed by atoms with Crippen molar-refractivity contribution in [2.75, 3.05) is 6.61 Å². The van der Waals surface area contributed by atoms with Gasteiger partial charge in [-0.2, -0.15) is 0 Å². The van der Waals surface area contributed by atoms with Crippen LogP contribution in [0.25, 0.3) is 28.2 Å². The fourth-order valence-electron chi connectivity index (χ4n) is 3.42. The third kappa shape index (κ3) is 4.09. The highest BCUT2D eigenvalue weighted by Crippen LogP contribution is 2.33. The standard InChI is InChI=1S/C20H23ClN6O4S/c1-3-5-9-26-18-16(19-25-22-12-27(19)20(26)28)23-17(24-18)14-11-13(32(21,29)30)7-8-15(14)31-10-6-4-2/h7-8,11-12H,3-6,9-10H2,1-2H3,(H,23,24). The van der Waals surface area contributed by atoms with Gasteiger partial charge < -0.3 is 9.72 Å². The Hall–Kier alpha value is -2.92. The van der Waals surface area contributed by atoms with Gasteiger partial charge in [-0.25, -0.2) is 22.6 Å². The molecule has 0 saturated heterocycles. The molecule has 0 aliphatic carbocycles. The average molecular weight is 479 g/mol. The number of unbranched alkanes of at least 4 members (excludes halogenated alkanes) is 2. The summed E-state index contributed by atoms with van der Waals surface area (Å²) in [5.41, 5.74) is 1.40. The van der Waals surface area contributed by atoms with E-state index in [0.717, 1.165) is 25.7 Å². The molecule has 0 aliphatic rings. The number of benzene rings is 1. The van der Waals surface area contributed by atoms with Gasteiger partial charge in [0.05, 0.1) is 17.1 Å². The number of H-pyrrole nitrogens is 1. The van der Waals surface area contributed by atoms with Crippen molar-refractivity contribution in [2.24, 2.45) is 0 Å². The van der Waals surface area contributed by atoms with Crippen LogP contribution in [0.5, 0.6) is 5.75 Å². The Kier molecular flexibility index (Phi) is 6.20. The van der Waals surface area contributed by atoms with Gasteiger partial charge >= 0.3 is 5.69 Å². The van der Waals surface area contributed by atoms with E-state index in [0.29, 0.717) is 47.1 Å². The van der Waals surface area contributed by atoms with Gasteiger partial charge in [0.1, 0.15) is 23.4 Å². The molecule has 0 amide bonds. The fourth-order valence-corrected chi connectivity index (χ4v) is 4.20. The molecule has 0 spiro atoms. The summed E-state index contributed by atoms with van der Waals surface area (Å²) in [5.74, 6) is 0.802. The molecule has 1 aromatic carbocycles. The van der Waals surface area contributed by atoms with Crippen LogP contribution in [0.2, 0.25) is 0 Å². The van der Waals surface area contributed by atoms with Crippen LogP contribution in [0.4, 0.5) is 0 Å². The first-order valence-electron chi connectivity index (χ1n) is 10.4. The van der Waals surface area contributed by atoms with Crippen molar-refractivity contribution in [3.63, 3.8) is 0 Å². The SMILES string of the molecule is CCCCOc1ccc(S(=O)(=O)Cl)cc1-c1nc2c([nH]1)c1nncn1c(=O)n2CCCC. The lowest BCUT2D eigenvalue weighted by Gasteiger charge is -2.11. The van der Waals surface area contributed by atoms with Crippen LogP contribution in [0.1, 0.15) is 39.5 Å². The molecule has 0 bridgehead atoms. The van der Waals surface area contributed by atoms with E-state index in [1.54, 1.807) is 10.6 Å². The van der Waals surface area contributed by atoms with Crippen molar-refractivity contribution < 1.29 is 13.2 Å². The monoisotopic (exact) mass is 478 g/mol. The molecule has 0 radical (unpaired) electrons. The zero-order valence-corrected chi connectivity index (χ0v) is 19.3. The maximum Gasteiger partial charge on any atom is 0.336 e. The van der Waals surface area contributed by atoms with Crippen LogP contribution < -0.4 is 10.4 Å². The van der Waals surface area contributed by atoms with Crippen LogP contribution in [-0.2, 0) is 15.6 Å². The molecule has 0 saturated carbocycles. The van der Waals surface area contributed by atoms with Crippen molar-refractivity contribution in [3.05, 3.63) is 35.0 Å². The maximum atomic E-state index is 13.0. The molecule has 3 aromatic heterocycles. The van der Waals surface area contributed by atoms with E-state index in [1.807, 2.05) is 13.8 Å². The highest BCUT2D eigenvalue weighted by atomic mass is 35.7. The smallest absolute Gasteiger partial charge is 0.336 e. The number of nitrogens with zero attached hydrogens (tertiary/aromatic N) is 5. The number of imidazole rings is 1. The van der Waals surface area contributed by atoms with Crippen LogP contribution in [-0.4, -0.2) is 44.2 Å². The zero-order chi connectivity index (χ0) is 22.9. The minimum atomic E-state index is -3.96.